The standard InChI is InChI=1S/C22H23N3O3/c1-13-8-7-11-20(15(13)3)28-16(4)21(26)24-25-22(27)18-12-14(2)23-19-10-6-5-9-17(18)19/h5-12,16H,1-4H3,(H,24,26)(H,25,27)/t16-/m0/s1. The topological polar surface area (TPSA) is 80.3 Å². The monoisotopic (exact) mass is 377 g/mol. The molecule has 0 bridgehead atoms. The lowest BCUT2D eigenvalue weighted by atomic mass is 10.1. The number of hydrogen-bond donors (Lipinski definition) is 2. The van der Waals surface area contributed by atoms with Crippen LogP contribution in [0.25, 0.3) is 10.9 Å². The maximum Gasteiger partial charge on any atom is 0.279 e. The fraction of sp³-hybridized carbons (Fsp3) is 0.227. The number of carbonyl (C=O) groups excluding carboxylic acids is 2. The van der Waals surface area contributed by atoms with Gasteiger partial charge in [0.15, 0.2) is 6.10 Å². The van der Waals surface area contributed by atoms with E-state index in [4.69, 9.17) is 4.74 Å². The van der Waals surface area contributed by atoms with E-state index in [2.05, 4.69) is 15.8 Å². The minimum atomic E-state index is -0.767. The molecular weight excluding hydrogens is 354 g/mol. The smallest absolute Gasteiger partial charge is 0.279 e. The number of aromatic nitrogens is 1. The van der Waals surface area contributed by atoms with Crippen LogP contribution in [0.4, 0.5) is 0 Å². The second-order valence-corrected chi connectivity index (χ2v) is 6.73. The molecule has 3 rings (SSSR count). The number of amides is 2. The quantitative estimate of drug-likeness (QED) is 0.683. The third-order valence-electron chi connectivity index (χ3n) is 4.62. The van der Waals surface area contributed by atoms with E-state index in [-0.39, 0.29) is 0 Å². The number of fused-ring (bicyclic) bond motifs is 1. The molecule has 2 amide bonds. The van der Waals surface area contributed by atoms with Crippen molar-refractivity contribution in [1.82, 2.24) is 15.8 Å². The number of para-hydroxylation sites is 1. The van der Waals surface area contributed by atoms with Gasteiger partial charge < -0.3 is 4.74 Å². The summed E-state index contributed by atoms with van der Waals surface area (Å²) >= 11 is 0. The zero-order valence-corrected chi connectivity index (χ0v) is 16.4. The number of pyridine rings is 1. The molecular formula is C22H23N3O3. The number of hydrazine groups is 1. The first-order valence-corrected chi connectivity index (χ1v) is 9.06. The lowest BCUT2D eigenvalue weighted by molar-refractivity contribution is -0.128. The van der Waals surface area contributed by atoms with Crippen LogP contribution >= 0.6 is 0 Å². The van der Waals surface area contributed by atoms with Crippen molar-refractivity contribution in [2.75, 3.05) is 0 Å². The summed E-state index contributed by atoms with van der Waals surface area (Å²) in [5, 5.41) is 0.722. The van der Waals surface area contributed by atoms with Crippen LogP contribution in [0, 0.1) is 20.8 Å². The maximum absolute atomic E-state index is 12.6. The van der Waals surface area contributed by atoms with Gasteiger partial charge in [-0.2, -0.15) is 0 Å². The first kappa shape index (κ1) is 19.4. The van der Waals surface area contributed by atoms with E-state index in [0.29, 0.717) is 11.3 Å². The second kappa shape index (κ2) is 8.08. The second-order valence-electron chi connectivity index (χ2n) is 6.73. The van der Waals surface area contributed by atoms with Crippen LogP contribution in [-0.2, 0) is 4.79 Å². The van der Waals surface area contributed by atoms with Crippen LogP contribution in [0.15, 0.2) is 48.5 Å². The molecule has 28 heavy (non-hydrogen) atoms. The van der Waals surface area contributed by atoms with Gasteiger partial charge in [0.25, 0.3) is 11.8 Å². The van der Waals surface area contributed by atoms with Gasteiger partial charge in [-0.1, -0.05) is 30.3 Å². The number of rotatable bonds is 4. The minimum Gasteiger partial charge on any atom is -0.481 e. The summed E-state index contributed by atoms with van der Waals surface area (Å²) in [5.41, 5.74) is 8.86. The van der Waals surface area contributed by atoms with Crippen molar-refractivity contribution < 1.29 is 14.3 Å². The Morgan fingerprint density at radius 3 is 2.54 bits per heavy atom. The first-order chi connectivity index (χ1) is 13.4. The summed E-state index contributed by atoms with van der Waals surface area (Å²) in [6, 6.07) is 14.7. The van der Waals surface area contributed by atoms with E-state index < -0.39 is 17.9 Å². The highest BCUT2D eigenvalue weighted by Gasteiger charge is 2.18. The van der Waals surface area contributed by atoms with E-state index in [0.717, 1.165) is 27.7 Å². The minimum absolute atomic E-state index is 0.408. The van der Waals surface area contributed by atoms with E-state index in [1.807, 2.05) is 63.2 Å². The summed E-state index contributed by atoms with van der Waals surface area (Å²) < 4.78 is 5.74. The molecule has 1 aromatic heterocycles. The molecule has 0 aliphatic carbocycles. The number of aryl methyl sites for hydroxylation is 2. The number of carbonyl (C=O) groups is 2. The number of benzene rings is 2. The largest absolute Gasteiger partial charge is 0.481 e. The van der Waals surface area contributed by atoms with Gasteiger partial charge in [0.1, 0.15) is 5.75 Å². The lowest BCUT2D eigenvalue weighted by Gasteiger charge is -2.17. The van der Waals surface area contributed by atoms with Gasteiger partial charge in [-0.3, -0.25) is 25.4 Å². The van der Waals surface area contributed by atoms with Gasteiger partial charge in [-0.25, -0.2) is 0 Å². The van der Waals surface area contributed by atoms with Crippen molar-refractivity contribution >= 4 is 22.7 Å². The summed E-state index contributed by atoms with van der Waals surface area (Å²) in [7, 11) is 0. The SMILES string of the molecule is Cc1cc(C(=O)NNC(=O)[C@H](C)Oc2cccc(C)c2C)c2ccccc2n1. The van der Waals surface area contributed by atoms with E-state index >= 15 is 0 Å². The number of nitrogens with one attached hydrogen (secondary N) is 2. The van der Waals surface area contributed by atoms with Crippen LogP contribution in [0.3, 0.4) is 0 Å². The van der Waals surface area contributed by atoms with Gasteiger partial charge in [-0.05, 0) is 57.0 Å². The summed E-state index contributed by atoms with van der Waals surface area (Å²) in [4.78, 5) is 29.4. The van der Waals surface area contributed by atoms with Crippen molar-refractivity contribution in [2.24, 2.45) is 0 Å². The molecule has 1 heterocycles. The Morgan fingerprint density at radius 2 is 1.75 bits per heavy atom. The van der Waals surface area contributed by atoms with Crippen molar-refractivity contribution in [3.8, 4) is 5.75 Å². The van der Waals surface area contributed by atoms with Gasteiger partial charge >= 0.3 is 0 Å². The Labute approximate surface area is 163 Å². The van der Waals surface area contributed by atoms with Crippen LogP contribution in [0.2, 0.25) is 0 Å². The molecule has 2 N–H and O–H groups in total. The molecule has 3 aromatic rings. The Balaban J connectivity index is 1.67. The Bertz CT molecular complexity index is 1050. The highest BCUT2D eigenvalue weighted by molar-refractivity contribution is 6.06. The van der Waals surface area contributed by atoms with Gasteiger partial charge in [0.05, 0.1) is 11.1 Å². The zero-order valence-electron chi connectivity index (χ0n) is 16.4. The molecule has 0 aliphatic rings. The molecule has 0 radical (unpaired) electrons. The lowest BCUT2D eigenvalue weighted by Crippen LogP contribution is -2.47. The van der Waals surface area contributed by atoms with E-state index in [9.17, 15) is 9.59 Å². The van der Waals surface area contributed by atoms with E-state index in [1.165, 1.54) is 0 Å². The molecule has 0 saturated heterocycles. The average molecular weight is 377 g/mol. The third-order valence-corrected chi connectivity index (χ3v) is 4.62. The summed E-state index contributed by atoms with van der Waals surface area (Å²) in [6.07, 6.45) is -0.767. The fourth-order valence-electron chi connectivity index (χ4n) is 2.88. The average Bonchev–Trinajstić information content (AvgIpc) is 2.68. The molecule has 0 saturated carbocycles. The number of ether oxygens (including phenoxy) is 1. The summed E-state index contributed by atoms with van der Waals surface area (Å²) in [5.74, 6) is -0.206. The van der Waals surface area contributed by atoms with Gasteiger partial charge in [-0.15, -0.1) is 0 Å². The van der Waals surface area contributed by atoms with Crippen molar-refractivity contribution in [3.63, 3.8) is 0 Å². The molecule has 2 aromatic carbocycles. The van der Waals surface area contributed by atoms with E-state index in [1.54, 1.807) is 13.0 Å². The van der Waals surface area contributed by atoms with Crippen molar-refractivity contribution in [1.29, 1.82) is 0 Å². The normalized spacial score (nSPS) is 11.7. The first-order valence-electron chi connectivity index (χ1n) is 9.06. The fourth-order valence-corrected chi connectivity index (χ4v) is 2.88. The molecule has 144 valence electrons. The van der Waals surface area contributed by atoms with Crippen LogP contribution in [0.5, 0.6) is 5.75 Å². The Hall–Kier alpha value is -3.41. The third kappa shape index (κ3) is 4.11. The zero-order chi connectivity index (χ0) is 20.3. The maximum atomic E-state index is 12.6. The molecule has 0 fully saturated rings. The predicted molar refractivity (Wildman–Crippen MR) is 108 cm³/mol. The van der Waals surface area contributed by atoms with Gasteiger partial charge in [0.2, 0.25) is 0 Å². The molecule has 0 spiro atoms. The van der Waals surface area contributed by atoms with Gasteiger partial charge in [0, 0.05) is 11.1 Å². The molecule has 6 nitrogen and oxygen atoms in total. The van der Waals surface area contributed by atoms with Crippen molar-refractivity contribution in [3.05, 3.63) is 70.9 Å². The molecule has 1 atom stereocenters. The predicted octanol–water partition coefficient (Wildman–Crippen LogP) is 3.39. The van der Waals surface area contributed by atoms with Crippen molar-refractivity contribution in [2.45, 2.75) is 33.8 Å². The summed E-state index contributed by atoms with van der Waals surface area (Å²) in [6.45, 7) is 7.37. The van der Waals surface area contributed by atoms with Crippen LogP contribution < -0.4 is 15.6 Å². The highest BCUT2D eigenvalue weighted by Crippen LogP contribution is 2.22. The van der Waals surface area contributed by atoms with Crippen LogP contribution in [-0.4, -0.2) is 22.9 Å². The highest BCUT2D eigenvalue weighted by atomic mass is 16.5. The molecule has 6 heteroatoms. The number of nitrogens with zero attached hydrogens (tertiary/aromatic N) is 1. The Kier molecular flexibility index (Phi) is 5.59. The molecule has 0 unspecified atom stereocenters. The van der Waals surface area contributed by atoms with Crippen LogP contribution in [0.1, 0.15) is 34.1 Å². The number of hydrogen-bond acceptors (Lipinski definition) is 4. The Morgan fingerprint density at radius 1 is 1.00 bits per heavy atom. The molecule has 0 aliphatic heterocycles.